The van der Waals surface area contributed by atoms with Gasteiger partial charge in [-0.3, -0.25) is 4.79 Å². The van der Waals surface area contributed by atoms with Gasteiger partial charge in [0.25, 0.3) is 0 Å². The molecule has 3 fully saturated rings. The van der Waals surface area contributed by atoms with Crippen molar-refractivity contribution in [1.82, 2.24) is 40.3 Å². The first kappa shape index (κ1) is 30.2. The minimum absolute atomic E-state index is 0.158. The van der Waals surface area contributed by atoms with Crippen LogP contribution in [-0.2, 0) is 9.53 Å². The number of carbonyl (C=O) groups excluding carboxylic acids is 1. The van der Waals surface area contributed by atoms with Crippen LogP contribution in [-0.4, -0.2) is 87.3 Å². The molecule has 3 aliphatic heterocycles. The van der Waals surface area contributed by atoms with Gasteiger partial charge in [0, 0.05) is 92.1 Å². The van der Waals surface area contributed by atoms with Crippen LogP contribution < -0.4 is 20.9 Å². The van der Waals surface area contributed by atoms with Gasteiger partial charge in [-0.05, 0) is 38.5 Å². The molecule has 3 saturated heterocycles. The van der Waals surface area contributed by atoms with Crippen molar-refractivity contribution in [2.75, 3.05) is 44.2 Å². The van der Waals surface area contributed by atoms with Crippen LogP contribution in [0.5, 0.6) is 0 Å². The lowest BCUT2D eigenvalue weighted by atomic mass is 9.84. The number of ether oxygens (including phenoxy) is 1. The maximum atomic E-state index is 13.5. The Morgan fingerprint density at radius 2 is 2.02 bits per heavy atom. The molecule has 3 atom stereocenters. The molecule has 46 heavy (non-hydrogen) atoms. The summed E-state index contributed by atoms with van der Waals surface area (Å²) in [5.41, 5.74) is 2.22. The molecule has 4 aromatic rings. The fourth-order valence-electron chi connectivity index (χ4n) is 6.94. The van der Waals surface area contributed by atoms with E-state index in [4.69, 9.17) is 9.72 Å². The number of piperidine rings is 1. The number of esters is 1. The zero-order valence-electron chi connectivity index (χ0n) is 25.7. The molecule has 14 heteroatoms. The molecular formula is C32H36F2N10O2. The number of carbonyl (C=O) groups is 1. The van der Waals surface area contributed by atoms with E-state index in [2.05, 4.69) is 37.1 Å². The zero-order valence-corrected chi connectivity index (χ0v) is 25.7. The summed E-state index contributed by atoms with van der Waals surface area (Å²) in [4.78, 5) is 20.5. The van der Waals surface area contributed by atoms with E-state index in [-0.39, 0.29) is 18.1 Å². The summed E-state index contributed by atoms with van der Waals surface area (Å²) < 4.78 is 34.9. The number of nitriles is 1. The highest BCUT2D eigenvalue weighted by molar-refractivity contribution is 5.87. The van der Waals surface area contributed by atoms with Gasteiger partial charge in [-0.15, -0.1) is 0 Å². The van der Waals surface area contributed by atoms with Crippen molar-refractivity contribution in [3.8, 4) is 28.3 Å². The van der Waals surface area contributed by atoms with Gasteiger partial charge >= 0.3 is 12.5 Å². The third-order valence-corrected chi connectivity index (χ3v) is 9.25. The summed E-state index contributed by atoms with van der Waals surface area (Å²) in [6.07, 6.45) is 8.99. The van der Waals surface area contributed by atoms with E-state index in [0.717, 1.165) is 44.0 Å². The summed E-state index contributed by atoms with van der Waals surface area (Å²) in [5.74, 6) is 0.554. The Labute approximate surface area is 264 Å². The molecule has 4 aromatic heterocycles. The van der Waals surface area contributed by atoms with E-state index in [1.54, 1.807) is 16.9 Å². The molecule has 0 aliphatic carbocycles. The number of pyridine rings is 2. The summed E-state index contributed by atoms with van der Waals surface area (Å²) in [6, 6.07) is 8.25. The van der Waals surface area contributed by atoms with Crippen LogP contribution in [0.2, 0.25) is 0 Å². The number of anilines is 1. The Kier molecular flexibility index (Phi) is 7.70. The number of rotatable bonds is 8. The number of nitrogens with one attached hydrogen (secondary N) is 3. The first-order valence-electron chi connectivity index (χ1n) is 15.5. The molecule has 0 aromatic carbocycles. The van der Waals surface area contributed by atoms with Crippen molar-refractivity contribution in [2.24, 2.45) is 5.41 Å². The van der Waals surface area contributed by atoms with Crippen LogP contribution >= 0.6 is 0 Å². The SMILES string of the molecule is CC(C)(CC1CNCCN1)C(=O)OC12CNC(CN(c3ccc(-c4cc(-c5cnn(C(F)F)c5)cn5ncc(C#N)c45)cn3)C1)C2. The molecule has 0 amide bonds. The predicted octanol–water partition coefficient (Wildman–Crippen LogP) is 2.97. The maximum Gasteiger partial charge on any atom is 0.333 e. The Balaban J connectivity index is 1.13. The van der Waals surface area contributed by atoms with Crippen LogP contribution in [0.15, 0.2) is 49.2 Å². The standard InChI is InChI=1S/C32H36F2N10O2/c1-31(2,8-24-14-36-5-6-37-24)29(45)46-32-9-25(39-18-32)17-42(19-32)27-4-3-20(11-38-27)26-7-21(23-13-41-44(16-23)30(33)34)15-43-28(26)22(10-35)12-40-43/h3-4,7,11-13,15-16,24-25,30,36-37,39H,5-6,8-9,14,17-19H2,1-2H3. The topological polar surface area (TPSA) is 137 Å². The van der Waals surface area contributed by atoms with E-state index >= 15 is 0 Å². The monoisotopic (exact) mass is 630 g/mol. The van der Waals surface area contributed by atoms with Crippen molar-refractivity contribution in [3.63, 3.8) is 0 Å². The lowest BCUT2D eigenvalue weighted by Gasteiger charge is -2.41. The number of nitrogens with zero attached hydrogens (tertiary/aromatic N) is 7. The number of halogens is 2. The number of hydrogen-bond donors (Lipinski definition) is 3. The zero-order chi connectivity index (χ0) is 32.1. The molecule has 2 bridgehead atoms. The van der Waals surface area contributed by atoms with E-state index in [1.807, 2.05) is 32.0 Å². The second-order valence-electron chi connectivity index (χ2n) is 13.2. The first-order chi connectivity index (χ1) is 22.1. The maximum absolute atomic E-state index is 13.5. The fraction of sp³-hybridized carbons (Fsp3) is 0.469. The highest BCUT2D eigenvalue weighted by atomic mass is 19.3. The van der Waals surface area contributed by atoms with Gasteiger partial charge in [-0.25, -0.2) is 14.2 Å². The molecule has 3 aliphatic rings. The second kappa shape index (κ2) is 11.7. The van der Waals surface area contributed by atoms with Gasteiger partial charge in [0.2, 0.25) is 0 Å². The minimum atomic E-state index is -2.76. The number of aromatic nitrogens is 5. The Morgan fingerprint density at radius 1 is 1.15 bits per heavy atom. The highest BCUT2D eigenvalue weighted by Gasteiger charge is 2.50. The molecule has 0 saturated carbocycles. The lowest BCUT2D eigenvalue weighted by molar-refractivity contribution is -0.169. The summed E-state index contributed by atoms with van der Waals surface area (Å²) in [7, 11) is 0. The van der Waals surface area contributed by atoms with Gasteiger partial charge in [-0.1, -0.05) is 0 Å². The van der Waals surface area contributed by atoms with E-state index < -0.39 is 17.6 Å². The largest absolute Gasteiger partial charge is 0.455 e. The van der Waals surface area contributed by atoms with E-state index in [9.17, 15) is 18.8 Å². The molecule has 240 valence electrons. The van der Waals surface area contributed by atoms with Crippen LogP contribution in [0, 0.1) is 16.7 Å². The third-order valence-electron chi connectivity index (χ3n) is 9.25. The van der Waals surface area contributed by atoms with Crippen molar-refractivity contribution < 1.29 is 18.3 Å². The molecule has 7 rings (SSSR count). The van der Waals surface area contributed by atoms with Crippen molar-refractivity contribution in [2.45, 2.75) is 50.9 Å². The van der Waals surface area contributed by atoms with Crippen LogP contribution in [0.4, 0.5) is 14.6 Å². The molecule has 12 nitrogen and oxygen atoms in total. The average molecular weight is 631 g/mol. The Bertz CT molecular complexity index is 1790. The van der Waals surface area contributed by atoms with Gasteiger partial charge in [0.15, 0.2) is 0 Å². The molecule has 3 unspecified atom stereocenters. The van der Waals surface area contributed by atoms with Crippen LogP contribution in [0.1, 0.15) is 38.8 Å². The summed E-state index contributed by atoms with van der Waals surface area (Å²) in [6.45, 7) is 5.63. The number of fused-ring (bicyclic) bond motifs is 3. The lowest BCUT2D eigenvalue weighted by Crippen LogP contribution is -2.55. The van der Waals surface area contributed by atoms with Gasteiger partial charge in [-0.2, -0.15) is 24.2 Å². The van der Waals surface area contributed by atoms with Crippen molar-refractivity contribution >= 4 is 17.3 Å². The minimum Gasteiger partial charge on any atom is -0.455 e. The van der Waals surface area contributed by atoms with Crippen molar-refractivity contribution in [3.05, 3.63) is 54.7 Å². The molecule has 7 heterocycles. The fourth-order valence-corrected chi connectivity index (χ4v) is 6.94. The average Bonchev–Trinajstić information content (AvgIpc) is 3.78. The number of hydrogen-bond acceptors (Lipinski definition) is 10. The number of piperazine rings is 1. The van der Waals surface area contributed by atoms with E-state index in [1.165, 1.54) is 18.6 Å². The smallest absolute Gasteiger partial charge is 0.333 e. The van der Waals surface area contributed by atoms with Crippen molar-refractivity contribution in [1.29, 1.82) is 5.26 Å². The van der Waals surface area contributed by atoms with Gasteiger partial charge in [0.05, 0.1) is 35.4 Å². The first-order valence-corrected chi connectivity index (χ1v) is 15.5. The van der Waals surface area contributed by atoms with Gasteiger partial charge < -0.3 is 25.6 Å². The Morgan fingerprint density at radius 3 is 2.74 bits per heavy atom. The van der Waals surface area contributed by atoms with E-state index in [0.29, 0.717) is 52.0 Å². The molecular weight excluding hydrogens is 594 g/mol. The molecule has 0 spiro atoms. The predicted molar refractivity (Wildman–Crippen MR) is 166 cm³/mol. The second-order valence-corrected chi connectivity index (χ2v) is 13.2. The summed E-state index contributed by atoms with van der Waals surface area (Å²) >= 11 is 0. The molecule has 0 radical (unpaired) electrons. The highest BCUT2D eigenvalue weighted by Crippen LogP contribution is 2.37. The van der Waals surface area contributed by atoms with Gasteiger partial charge in [0.1, 0.15) is 17.5 Å². The normalized spacial score (nSPS) is 23.2. The molecule has 3 N–H and O–H groups in total. The van der Waals surface area contributed by atoms with Crippen LogP contribution in [0.3, 0.4) is 0 Å². The third kappa shape index (κ3) is 5.70. The van der Waals surface area contributed by atoms with Crippen LogP contribution in [0.25, 0.3) is 27.8 Å². The Hall–Kier alpha value is -4.45. The quantitative estimate of drug-likeness (QED) is 0.249. The number of alkyl halides is 2. The summed E-state index contributed by atoms with van der Waals surface area (Å²) in [5, 5.41) is 28.3.